The average molecular weight is 462 g/mol. The maximum Gasteiger partial charge on any atom is 0.235 e. The predicted octanol–water partition coefficient (Wildman–Crippen LogP) is 5.66. The van der Waals surface area contributed by atoms with Crippen LogP contribution in [0.3, 0.4) is 0 Å². The van der Waals surface area contributed by atoms with Crippen molar-refractivity contribution in [1.29, 1.82) is 0 Å². The normalized spacial score (nSPS) is 20.9. The number of anilines is 2. The first-order valence-electron chi connectivity index (χ1n) is 11.2. The molecule has 2 aromatic carbocycles. The van der Waals surface area contributed by atoms with Crippen LogP contribution in [0.4, 0.5) is 11.4 Å². The zero-order valence-corrected chi connectivity index (χ0v) is 20.1. The van der Waals surface area contributed by atoms with Crippen LogP contribution in [0.5, 0.6) is 0 Å². The molecule has 0 radical (unpaired) electrons. The lowest BCUT2D eigenvalue weighted by Crippen LogP contribution is -2.46. The van der Waals surface area contributed by atoms with Gasteiger partial charge in [-0.05, 0) is 68.1 Å². The van der Waals surface area contributed by atoms with Crippen molar-refractivity contribution in [2.75, 3.05) is 42.9 Å². The molecule has 2 aliphatic heterocycles. The second-order valence-corrected chi connectivity index (χ2v) is 9.09. The fourth-order valence-corrected chi connectivity index (χ4v) is 5.32. The smallest absolute Gasteiger partial charge is 0.235 e. The van der Waals surface area contributed by atoms with Crippen LogP contribution in [0, 0.1) is 6.92 Å². The number of para-hydroxylation sites is 1. The van der Waals surface area contributed by atoms with Crippen LogP contribution in [-0.4, -0.2) is 43.5 Å². The number of carbonyl (C=O) groups is 1. The van der Waals surface area contributed by atoms with E-state index in [1.54, 1.807) is 0 Å². The van der Waals surface area contributed by atoms with Gasteiger partial charge in [0.2, 0.25) is 5.91 Å². The van der Waals surface area contributed by atoms with Gasteiger partial charge in [-0.2, -0.15) is 0 Å². The highest BCUT2D eigenvalue weighted by Gasteiger charge is 2.44. The molecule has 0 bridgehead atoms. The molecule has 1 amide bonds. The SMILES string of the molecule is CCC1(CCCCN2CCN(c3ccc(Cl)cc3C)CC2)C(=O)Nc2ccccc21.Cl. The summed E-state index contributed by atoms with van der Waals surface area (Å²) in [5.74, 6) is 0.179. The molecule has 1 N–H and O–H groups in total. The molecule has 1 fully saturated rings. The Bertz CT molecular complexity index is 911. The summed E-state index contributed by atoms with van der Waals surface area (Å²) in [6.45, 7) is 9.66. The second kappa shape index (κ2) is 10.2. The number of halogens is 2. The van der Waals surface area contributed by atoms with Crippen molar-refractivity contribution in [3.05, 3.63) is 58.6 Å². The summed E-state index contributed by atoms with van der Waals surface area (Å²) >= 11 is 6.10. The minimum atomic E-state index is -0.346. The molecule has 168 valence electrons. The summed E-state index contributed by atoms with van der Waals surface area (Å²) in [7, 11) is 0. The molecule has 1 unspecified atom stereocenters. The molecule has 0 aliphatic carbocycles. The highest BCUT2D eigenvalue weighted by molar-refractivity contribution is 6.30. The number of rotatable bonds is 7. The molecule has 2 aromatic rings. The van der Waals surface area contributed by atoms with Gasteiger partial charge >= 0.3 is 0 Å². The quantitative estimate of drug-likeness (QED) is 0.539. The van der Waals surface area contributed by atoms with Crippen LogP contribution in [-0.2, 0) is 10.2 Å². The maximum atomic E-state index is 12.8. The third-order valence-electron chi connectivity index (χ3n) is 6.93. The van der Waals surface area contributed by atoms with Crippen molar-refractivity contribution in [1.82, 2.24) is 4.90 Å². The highest BCUT2D eigenvalue weighted by Crippen LogP contribution is 2.43. The Balaban J connectivity index is 0.00000272. The monoisotopic (exact) mass is 461 g/mol. The standard InChI is InChI=1S/C25H32ClN3O.ClH/c1-3-25(21-8-4-5-9-22(21)27-24(25)30)12-6-7-13-28-14-16-29(17-15-28)23-11-10-20(26)18-19(23)2;/h4-5,8-11,18H,3,6-7,12-17H2,1-2H3,(H,27,30);1H. The molecule has 0 aromatic heterocycles. The van der Waals surface area contributed by atoms with E-state index in [1.165, 1.54) is 16.8 Å². The van der Waals surface area contributed by atoms with E-state index in [2.05, 4.69) is 41.1 Å². The number of unbranched alkanes of at least 4 members (excludes halogenated alkanes) is 1. The van der Waals surface area contributed by atoms with Gasteiger partial charge in [-0.3, -0.25) is 9.69 Å². The molecule has 2 heterocycles. The average Bonchev–Trinajstić information content (AvgIpc) is 3.03. The van der Waals surface area contributed by atoms with Crippen molar-refractivity contribution in [2.24, 2.45) is 0 Å². The van der Waals surface area contributed by atoms with Crippen molar-refractivity contribution >= 4 is 41.3 Å². The van der Waals surface area contributed by atoms with E-state index >= 15 is 0 Å². The first kappa shape index (κ1) is 23.9. The summed E-state index contributed by atoms with van der Waals surface area (Å²) in [5.41, 5.74) is 4.38. The molecular weight excluding hydrogens is 429 g/mol. The minimum absolute atomic E-state index is 0. The van der Waals surface area contributed by atoms with E-state index in [-0.39, 0.29) is 23.7 Å². The highest BCUT2D eigenvalue weighted by atomic mass is 35.5. The molecular formula is C25H33Cl2N3O. The van der Waals surface area contributed by atoms with Crippen LogP contribution in [0.15, 0.2) is 42.5 Å². The summed E-state index contributed by atoms with van der Waals surface area (Å²) in [6, 6.07) is 14.4. The van der Waals surface area contributed by atoms with Crippen LogP contribution >= 0.6 is 24.0 Å². The van der Waals surface area contributed by atoms with E-state index in [0.29, 0.717) is 0 Å². The van der Waals surface area contributed by atoms with E-state index in [4.69, 9.17) is 11.6 Å². The van der Waals surface area contributed by atoms with Crippen LogP contribution in [0.2, 0.25) is 5.02 Å². The number of fused-ring (bicyclic) bond motifs is 1. The molecule has 4 nitrogen and oxygen atoms in total. The largest absolute Gasteiger partial charge is 0.369 e. The zero-order chi connectivity index (χ0) is 21.1. The molecule has 6 heteroatoms. The Labute approximate surface area is 197 Å². The Morgan fingerprint density at radius 3 is 2.52 bits per heavy atom. The summed E-state index contributed by atoms with van der Waals surface area (Å²) in [6.07, 6.45) is 3.99. The summed E-state index contributed by atoms with van der Waals surface area (Å²) < 4.78 is 0. The lowest BCUT2D eigenvalue weighted by molar-refractivity contribution is -0.121. The van der Waals surface area contributed by atoms with E-state index in [1.807, 2.05) is 30.3 Å². The lowest BCUT2D eigenvalue weighted by atomic mass is 9.75. The second-order valence-electron chi connectivity index (χ2n) is 8.65. The van der Waals surface area contributed by atoms with Gasteiger partial charge in [-0.1, -0.05) is 43.1 Å². The van der Waals surface area contributed by atoms with E-state index in [0.717, 1.165) is 69.1 Å². The summed E-state index contributed by atoms with van der Waals surface area (Å²) in [4.78, 5) is 17.8. The maximum absolute atomic E-state index is 12.8. The van der Waals surface area contributed by atoms with Gasteiger partial charge in [-0.25, -0.2) is 0 Å². The number of nitrogens with one attached hydrogen (secondary N) is 1. The Hall–Kier alpha value is -1.75. The van der Waals surface area contributed by atoms with Gasteiger partial charge in [0.25, 0.3) is 0 Å². The van der Waals surface area contributed by atoms with Gasteiger partial charge in [0.1, 0.15) is 0 Å². The number of piperazine rings is 1. The van der Waals surface area contributed by atoms with Gasteiger partial charge in [0.05, 0.1) is 5.41 Å². The molecule has 4 rings (SSSR count). The number of benzene rings is 2. The number of aryl methyl sites for hydroxylation is 1. The van der Waals surface area contributed by atoms with Crippen molar-refractivity contribution in [3.63, 3.8) is 0 Å². The summed E-state index contributed by atoms with van der Waals surface area (Å²) in [5, 5.41) is 3.90. The predicted molar refractivity (Wildman–Crippen MR) is 133 cm³/mol. The van der Waals surface area contributed by atoms with Crippen molar-refractivity contribution in [3.8, 4) is 0 Å². The molecule has 2 aliphatic rings. The van der Waals surface area contributed by atoms with E-state index in [9.17, 15) is 4.79 Å². The molecule has 0 saturated carbocycles. The number of nitrogens with zero attached hydrogens (tertiary/aromatic N) is 2. The van der Waals surface area contributed by atoms with Crippen LogP contribution in [0.1, 0.15) is 43.7 Å². The van der Waals surface area contributed by atoms with Gasteiger partial charge in [0, 0.05) is 42.6 Å². The minimum Gasteiger partial charge on any atom is -0.369 e. The zero-order valence-electron chi connectivity index (χ0n) is 18.5. The topological polar surface area (TPSA) is 35.6 Å². The number of hydrogen-bond donors (Lipinski definition) is 1. The molecule has 31 heavy (non-hydrogen) atoms. The van der Waals surface area contributed by atoms with Crippen molar-refractivity contribution < 1.29 is 4.79 Å². The van der Waals surface area contributed by atoms with Gasteiger partial charge in [-0.15, -0.1) is 12.4 Å². The first-order valence-corrected chi connectivity index (χ1v) is 11.6. The number of carbonyl (C=O) groups excluding carboxylic acids is 1. The number of amides is 1. The lowest BCUT2D eigenvalue weighted by Gasteiger charge is -2.37. The molecule has 0 spiro atoms. The molecule has 1 saturated heterocycles. The first-order chi connectivity index (χ1) is 14.5. The van der Waals surface area contributed by atoms with Gasteiger partial charge in [0.15, 0.2) is 0 Å². The number of hydrogen-bond acceptors (Lipinski definition) is 3. The van der Waals surface area contributed by atoms with Crippen LogP contribution in [0.25, 0.3) is 0 Å². The molecule has 1 atom stereocenters. The van der Waals surface area contributed by atoms with Gasteiger partial charge < -0.3 is 10.2 Å². The fraction of sp³-hybridized carbons (Fsp3) is 0.480. The van der Waals surface area contributed by atoms with E-state index < -0.39 is 0 Å². The van der Waals surface area contributed by atoms with Crippen molar-refractivity contribution in [2.45, 2.75) is 44.9 Å². The van der Waals surface area contributed by atoms with Crippen LogP contribution < -0.4 is 10.2 Å². The Morgan fingerprint density at radius 1 is 1.06 bits per heavy atom. The fourth-order valence-electron chi connectivity index (χ4n) is 5.10. The third-order valence-corrected chi connectivity index (χ3v) is 7.16. The Morgan fingerprint density at radius 2 is 1.81 bits per heavy atom. The third kappa shape index (κ3) is 4.87. The Kier molecular flexibility index (Phi) is 7.90.